The first-order chi connectivity index (χ1) is 18.6. The molecule has 6 heteroatoms. The highest BCUT2D eigenvalue weighted by atomic mass is 16.5. The van der Waals surface area contributed by atoms with Crippen LogP contribution in [0.5, 0.6) is 0 Å². The Kier molecular flexibility index (Phi) is 21.5. The maximum Gasteiger partial charge on any atom is 0.338 e. The molecule has 0 saturated heterocycles. The lowest BCUT2D eigenvalue weighted by atomic mass is 9.97. The van der Waals surface area contributed by atoms with Gasteiger partial charge in [0.15, 0.2) is 0 Å². The van der Waals surface area contributed by atoms with Crippen LogP contribution in [-0.2, 0) is 4.74 Å². The molecule has 0 aliphatic heterocycles. The van der Waals surface area contributed by atoms with Crippen LogP contribution in [0.4, 0.5) is 5.69 Å². The van der Waals surface area contributed by atoms with Gasteiger partial charge in [-0.2, -0.15) is 0 Å². The summed E-state index contributed by atoms with van der Waals surface area (Å²) in [5.74, 6) is -0.495. The summed E-state index contributed by atoms with van der Waals surface area (Å²) in [6.45, 7) is 2.28. The van der Waals surface area contributed by atoms with E-state index in [0.29, 0.717) is 23.2 Å². The fourth-order valence-electron chi connectivity index (χ4n) is 5.16. The van der Waals surface area contributed by atoms with Crippen LogP contribution in [0.25, 0.3) is 10.4 Å². The van der Waals surface area contributed by atoms with Crippen molar-refractivity contribution < 1.29 is 14.6 Å². The fraction of sp³-hybridized carbons (Fsp3) is 0.781. The number of methoxy groups -OCH3 is 1. The van der Waals surface area contributed by atoms with E-state index in [9.17, 15) is 9.90 Å². The molecule has 0 amide bonds. The summed E-state index contributed by atoms with van der Waals surface area (Å²) in [4.78, 5) is 14.8. The van der Waals surface area contributed by atoms with E-state index in [0.717, 1.165) is 12.8 Å². The third-order valence-corrected chi connectivity index (χ3v) is 7.54. The van der Waals surface area contributed by atoms with Gasteiger partial charge < -0.3 is 9.84 Å². The number of benzene rings is 1. The zero-order chi connectivity index (χ0) is 27.7. The Morgan fingerprint density at radius 2 is 1.21 bits per heavy atom. The first kappa shape index (κ1) is 34.0. The van der Waals surface area contributed by atoms with Crippen LogP contribution in [0.1, 0.15) is 170 Å². The van der Waals surface area contributed by atoms with E-state index in [4.69, 9.17) is 10.3 Å². The van der Waals surface area contributed by atoms with Crippen LogP contribution in [-0.4, -0.2) is 18.2 Å². The average Bonchev–Trinajstić information content (AvgIpc) is 2.93. The highest BCUT2D eigenvalue weighted by molar-refractivity contribution is 5.91. The van der Waals surface area contributed by atoms with Gasteiger partial charge in [-0.25, -0.2) is 4.79 Å². The number of nitrogens with zero attached hydrogens (tertiary/aromatic N) is 3. The summed E-state index contributed by atoms with van der Waals surface area (Å²) in [6, 6.07) is 4.68. The number of aliphatic hydroxyl groups excluding tert-OH is 1. The number of rotatable bonds is 25. The predicted molar refractivity (Wildman–Crippen MR) is 159 cm³/mol. The van der Waals surface area contributed by atoms with E-state index < -0.39 is 12.1 Å². The quantitative estimate of drug-likeness (QED) is 0.0448. The molecular weight excluding hydrogens is 474 g/mol. The number of ether oxygens (including phenoxy) is 1. The first-order valence-electron chi connectivity index (χ1n) is 15.6. The van der Waals surface area contributed by atoms with Crippen LogP contribution in [0.15, 0.2) is 23.3 Å². The number of unbranched alkanes of at least 4 members (excludes halogenated alkanes) is 20. The van der Waals surface area contributed by atoms with Crippen molar-refractivity contribution in [1.82, 2.24) is 0 Å². The van der Waals surface area contributed by atoms with Crippen molar-refractivity contribution in [2.45, 2.75) is 154 Å². The number of esters is 1. The summed E-state index contributed by atoms with van der Waals surface area (Å²) in [7, 11) is 1.32. The molecule has 0 fully saturated rings. The van der Waals surface area contributed by atoms with Crippen LogP contribution in [0, 0.1) is 0 Å². The number of carbonyl (C=O) groups excluding carboxylic acids is 1. The second-order valence-corrected chi connectivity index (χ2v) is 10.8. The van der Waals surface area contributed by atoms with Crippen molar-refractivity contribution in [1.29, 1.82) is 0 Å². The zero-order valence-corrected chi connectivity index (χ0v) is 24.5. The lowest BCUT2D eigenvalue weighted by Crippen LogP contribution is -2.09. The van der Waals surface area contributed by atoms with E-state index in [1.54, 1.807) is 18.2 Å². The van der Waals surface area contributed by atoms with Crippen LogP contribution in [0.3, 0.4) is 0 Å². The molecule has 0 aliphatic rings. The van der Waals surface area contributed by atoms with Crippen molar-refractivity contribution in [3.05, 3.63) is 39.8 Å². The summed E-state index contributed by atoms with van der Waals surface area (Å²) in [5, 5.41) is 14.2. The van der Waals surface area contributed by atoms with Gasteiger partial charge in [0.05, 0.1) is 18.8 Å². The second kappa shape index (κ2) is 24.0. The SMILES string of the molecule is CCCCCCCCCCCCCCCCCCCCCCCC(O)c1cc(N=[N+]=[N-])ccc1C(=O)OC. The van der Waals surface area contributed by atoms with Gasteiger partial charge in [0, 0.05) is 10.6 Å². The van der Waals surface area contributed by atoms with Crippen LogP contribution < -0.4 is 0 Å². The third-order valence-electron chi connectivity index (χ3n) is 7.54. The lowest BCUT2D eigenvalue weighted by Gasteiger charge is -2.15. The monoisotopic (exact) mass is 529 g/mol. The van der Waals surface area contributed by atoms with Gasteiger partial charge in [-0.15, -0.1) is 0 Å². The molecule has 1 aromatic carbocycles. The van der Waals surface area contributed by atoms with Gasteiger partial charge in [-0.05, 0) is 29.6 Å². The van der Waals surface area contributed by atoms with Gasteiger partial charge in [0.25, 0.3) is 0 Å². The van der Waals surface area contributed by atoms with E-state index in [2.05, 4.69) is 16.9 Å². The number of azide groups is 1. The lowest BCUT2D eigenvalue weighted by molar-refractivity contribution is 0.0592. The summed E-state index contributed by atoms with van der Waals surface area (Å²) in [6.07, 6.45) is 28.0. The highest BCUT2D eigenvalue weighted by Crippen LogP contribution is 2.28. The molecule has 1 aromatic rings. The van der Waals surface area contributed by atoms with Crippen molar-refractivity contribution in [2.75, 3.05) is 7.11 Å². The number of hydrogen-bond donors (Lipinski definition) is 1. The Hall–Kier alpha value is -2.04. The first-order valence-corrected chi connectivity index (χ1v) is 15.6. The Morgan fingerprint density at radius 1 is 0.789 bits per heavy atom. The van der Waals surface area contributed by atoms with Crippen molar-refractivity contribution in [2.24, 2.45) is 5.11 Å². The molecule has 1 atom stereocenters. The van der Waals surface area contributed by atoms with E-state index in [-0.39, 0.29) is 0 Å². The standard InChI is InChI=1S/C32H55N3O3/c1-3-4-5-6-7-8-9-10-11-12-13-14-15-16-17-18-19-20-21-22-23-24-31(36)30-27-28(34-35-33)25-26-29(30)32(37)38-2/h25-27,31,36H,3-24H2,1-2H3. The molecule has 0 saturated carbocycles. The van der Waals surface area contributed by atoms with Gasteiger partial charge in [-0.1, -0.05) is 153 Å². The van der Waals surface area contributed by atoms with Crippen LogP contribution >= 0.6 is 0 Å². The number of hydrogen-bond acceptors (Lipinski definition) is 4. The Balaban J connectivity index is 1.98. The second-order valence-electron chi connectivity index (χ2n) is 10.8. The van der Waals surface area contributed by atoms with Gasteiger partial charge in [0.1, 0.15) is 0 Å². The maximum atomic E-state index is 12.0. The molecule has 0 radical (unpaired) electrons. The van der Waals surface area contributed by atoms with Crippen molar-refractivity contribution in [3.63, 3.8) is 0 Å². The molecule has 0 aliphatic carbocycles. The largest absolute Gasteiger partial charge is 0.465 e. The molecule has 1 rings (SSSR count). The topological polar surface area (TPSA) is 95.3 Å². The van der Waals surface area contributed by atoms with E-state index in [1.807, 2.05) is 0 Å². The minimum absolute atomic E-state index is 0.320. The fourth-order valence-corrected chi connectivity index (χ4v) is 5.16. The predicted octanol–water partition coefficient (Wildman–Crippen LogP) is 11.1. The smallest absolute Gasteiger partial charge is 0.338 e. The molecule has 0 spiro atoms. The molecule has 0 bridgehead atoms. The summed E-state index contributed by atoms with van der Waals surface area (Å²) >= 11 is 0. The molecule has 6 nitrogen and oxygen atoms in total. The average molecular weight is 530 g/mol. The van der Waals surface area contributed by atoms with E-state index in [1.165, 1.54) is 129 Å². The Labute approximate surface area is 232 Å². The van der Waals surface area contributed by atoms with E-state index >= 15 is 0 Å². The van der Waals surface area contributed by atoms with Gasteiger partial charge >= 0.3 is 5.97 Å². The molecule has 0 aromatic heterocycles. The molecule has 1 unspecified atom stereocenters. The van der Waals surface area contributed by atoms with Gasteiger partial charge in [0.2, 0.25) is 0 Å². The number of aliphatic hydroxyl groups is 1. The maximum absolute atomic E-state index is 12.0. The molecule has 0 heterocycles. The molecule has 38 heavy (non-hydrogen) atoms. The Bertz CT molecular complexity index is 777. The number of carbonyl (C=O) groups is 1. The highest BCUT2D eigenvalue weighted by Gasteiger charge is 2.18. The summed E-state index contributed by atoms with van der Waals surface area (Å²) in [5.41, 5.74) is 9.84. The molecule has 1 N–H and O–H groups in total. The van der Waals surface area contributed by atoms with Crippen molar-refractivity contribution in [3.8, 4) is 0 Å². The zero-order valence-electron chi connectivity index (χ0n) is 24.5. The van der Waals surface area contributed by atoms with Gasteiger partial charge in [-0.3, -0.25) is 0 Å². The normalized spacial score (nSPS) is 11.8. The third kappa shape index (κ3) is 16.7. The Morgan fingerprint density at radius 3 is 1.61 bits per heavy atom. The van der Waals surface area contributed by atoms with Crippen molar-refractivity contribution >= 4 is 11.7 Å². The summed E-state index contributed by atoms with van der Waals surface area (Å²) < 4.78 is 4.82. The molecule has 216 valence electrons. The minimum Gasteiger partial charge on any atom is -0.465 e. The minimum atomic E-state index is -0.779. The van der Waals surface area contributed by atoms with Crippen LogP contribution in [0.2, 0.25) is 0 Å². The molecular formula is C32H55N3O3.